The number of ether oxygens (including phenoxy) is 1. The molecule has 0 saturated carbocycles. The molecule has 5 nitrogen and oxygen atoms in total. The van der Waals surface area contributed by atoms with Crippen molar-refractivity contribution in [2.75, 3.05) is 6.61 Å². The van der Waals surface area contributed by atoms with Gasteiger partial charge in [0.05, 0.1) is 23.0 Å². The number of thiophene rings is 1. The summed E-state index contributed by atoms with van der Waals surface area (Å²) in [6.45, 7) is 2.67. The molecular formula is C19H15ClN2O3S. The van der Waals surface area contributed by atoms with Crippen LogP contribution in [0.2, 0.25) is 4.34 Å². The van der Waals surface area contributed by atoms with Crippen molar-refractivity contribution in [3.05, 3.63) is 63.5 Å². The zero-order valence-electron chi connectivity index (χ0n) is 13.9. The van der Waals surface area contributed by atoms with Crippen LogP contribution >= 0.6 is 22.9 Å². The zero-order chi connectivity index (χ0) is 18.1. The predicted molar refractivity (Wildman–Crippen MR) is 102 cm³/mol. The van der Waals surface area contributed by atoms with E-state index in [9.17, 15) is 4.79 Å². The first-order chi connectivity index (χ1) is 12.7. The summed E-state index contributed by atoms with van der Waals surface area (Å²) in [6, 6.07) is 15.2. The molecule has 0 N–H and O–H groups in total. The van der Waals surface area contributed by atoms with Crippen LogP contribution in [0.5, 0.6) is 0 Å². The predicted octanol–water partition coefficient (Wildman–Crippen LogP) is 5.24. The number of hydrogen-bond acceptors (Lipinski definition) is 5. The van der Waals surface area contributed by atoms with Crippen LogP contribution in [0.1, 0.15) is 22.4 Å². The van der Waals surface area contributed by atoms with Gasteiger partial charge in [0.15, 0.2) is 5.76 Å². The minimum absolute atomic E-state index is 0.172. The largest absolute Gasteiger partial charge is 0.460 e. The van der Waals surface area contributed by atoms with Gasteiger partial charge in [-0.05, 0) is 37.3 Å². The lowest BCUT2D eigenvalue weighted by Gasteiger charge is -2.00. The lowest BCUT2D eigenvalue weighted by atomic mass is 10.2. The van der Waals surface area contributed by atoms with E-state index in [1.165, 1.54) is 11.3 Å². The molecule has 0 amide bonds. The van der Waals surface area contributed by atoms with Crippen LogP contribution in [-0.4, -0.2) is 22.4 Å². The first-order valence-electron chi connectivity index (χ1n) is 8.13. The minimum Gasteiger partial charge on any atom is -0.460 e. The number of furan rings is 1. The summed E-state index contributed by atoms with van der Waals surface area (Å²) in [5, 5.41) is 5.68. The quantitative estimate of drug-likeness (QED) is 0.440. The van der Waals surface area contributed by atoms with Gasteiger partial charge in [-0.15, -0.1) is 11.3 Å². The van der Waals surface area contributed by atoms with Crippen molar-refractivity contribution in [1.29, 1.82) is 0 Å². The Morgan fingerprint density at radius 3 is 2.85 bits per heavy atom. The molecule has 0 aliphatic rings. The smallest absolute Gasteiger partial charge is 0.374 e. The summed E-state index contributed by atoms with van der Waals surface area (Å²) in [4.78, 5) is 13.0. The van der Waals surface area contributed by atoms with E-state index in [2.05, 4.69) is 0 Å². The zero-order valence-corrected chi connectivity index (χ0v) is 15.5. The Labute approximate surface area is 158 Å². The van der Waals surface area contributed by atoms with E-state index >= 15 is 0 Å². The number of para-hydroxylation sites is 1. The Kier molecular flexibility index (Phi) is 4.53. The summed E-state index contributed by atoms with van der Waals surface area (Å²) in [5.74, 6) is 0.230. The molecule has 0 aliphatic heterocycles. The number of hydrogen-bond donors (Lipinski definition) is 0. The van der Waals surface area contributed by atoms with Gasteiger partial charge in [-0.2, -0.15) is 5.10 Å². The molecule has 0 spiro atoms. The van der Waals surface area contributed by atoms with Crippen LogP contribution in [0.15, 0.2) is 52.9 Å². The molecule has 0 saturated heterocycles. The Bertz CT molecular complexity index is 1080. The lowest BCUT2D eigenvalue weighted by Crippen LogP contribution is -2.02. The van der Waals surface area contributed by atoms with E-state index in [0.29, 0.717) is 24.6 Å². The van der Waals surface area contributed by atoms with Crippen LogP contribution < -0.4 is 0 Å². The first kappa shape index (κ1) is 16.9. The van der Waals surface area contributed by atoms with E-state index in [4.69, 9.17) is 25.9 Å². The molecule has 7 heteroatoms. The number of benzene rings is 1. The number of aromatic nitrogens is 2. The van der Waals surface area contributed by atoms with Gasteiger partial charge >= 0.3 is 5.97 Å². The fourth-order valence-electron chi connectivity index (χ4n) is 2.79. The fourth-order valence-corrected chi connectivity index (χ4v) is 3.86. The van der Waals surface area contributed by atoms with Crippen molar-refractivity contribution in [2.24, 2.45) is 0 Å². The number of carbonyl (C=O) groups excluding carboxylic acids is 1. The Balaban J connectivity index is 1.75. The average Bonchev–Trinajstić information content (AvgIpc) is 3.35. The molecule has 4 aromatic rings. The van der Waals surface area contributed by atoms with Crippen molar-refractivity contribution in [1.82, 2.24) is 9.78 Å². The first-order valence-corrected chi connectivity index (χ1v) is 9.32. The minimum atomic E-state index is -0.476. The molecule has 0 atom stereocenters. The lowest BCUT2D eigenvalue weighted by molar-refractivity contribution is 0.0491. The number of fused-ring (bicyclic) bond motifs is 1. The molecule has 26 heavy (non-hydrogen) atoms. The number of carbonyl (C=O) groups is 1. The monoisotopic (exact) mass is 386 g/mol. The van der Waals surface area contributed by atoms with Gasteiger partial charge in [0.2, 0.25) is 5.76 Å². The summed E-state index contributed by atoms with van der Waals surface area (Å²) < 4.78 is 13.3. The molecule has 0 fully saturated rings. The highest BCUT2D eigenvalue weighted by molar-refractivity contribution is 7.16. The maximum atomic E-state index is 11.8. The number of halogens is 1. The van der Waals surface area contributed by atoms with Crippen LogP contribution in [0.25, 0.3) is 22.4 Å². The van der Waals surface area contributed by atoms with Crippen LogP contribution in [0, 0.1) is 0 Å². The van der Waals surface area contributed by atoms with Gasteiger partial charge in [0.1, 0.15) is 5.69 Å². The Morgan fingerprint density at radius 2 is 2.08 bits per heavy atom. The van der Waals surface area contributed by atoms with Crippen LogP contribution in [-0.2, 0) is 11.3 Å². The van der Waals surface area contributed by atoms with Crippen molar-refractivity contribution >= 4 is 39.8 Å². The van der Waals surface area contributed by atoms with E-state index < -0.39 is 5.97 Å². The van der Waals surface area contributed by atoms with Gasteiger partial charge in [-0.25, -0.2) is 4.79 Å². The average molecular weight is 387 g/mol. The highest BCUT2D eigenvalue weighted by Crippen LogP contribution is 2.31. The SMILES string of the molecule is CCOC(=O)c1ccc(-c2nn(Cc3ccc(Cl)s3)c3ccccc23)o1. The van der Waals surface area contributed by atoms with Crippen molar-refractivity contribution < 1.29 is 13.9 Å². The topological polar surface area (TPSA) is 57.3 Å². The fraction of sp³-hybridized carbons (Fsp3) is 0.158. The third-order valence-electron chi connectivity index (χ3n) is 3.91. The Hall–Kier alpha value is -2.57. The number of nitrogens with zero attached hydrogens (tertiary/aromatic N) is 2. The van der Waals surface area contributed by atoms with Gasteiger partial charge in [0, 0.05) is 10.3 Å². The molecule has 0 unspecified atom stereocenters. The van der Waals surface area contributed by atoms with Crippen LogP contribution in [0.4, 0.5) is 0 Å². The molecule has 1 aromatic carbocycles. The molecular weight excluding hydrogens is 372 g/mol. The maximum Gasteiger partial charge on any atom is 0.374 e. The highest BCUT2D eigenvalue weighted by atomic mass is 35.5. The van der Waals surface area contributed by atoms with E-state index in [1.807, 2.05) is 41.1 Å². The number of esters is 1. The summed E-state index contributed by atoms with van der Waals surface area (Å²) >= 11 is 7.56. The summed E-state index contributed by atoms with van der Waals surface area (Å²) in [5.41, 5.74) is 1.68. The summed E-state index contributed by atoms with van der Waals surface area (Å²) in [6.07, 6.45) is 0. The third-order valence-corrected chi connectivity index (χ3v) is 5.12. The van der Waals surface area contributed by atoms with Crippen molar-refractivity contribution in [2.45, 2.75) is 13.5 Å². The van der Waals surface area contributed by atoms with Gasteiger partial charge in [0.25, 0.3) is 0 Å². The molecule has 4 rings (SSSR count). The van der Waals surface area contributed by atoms with Crippen LogP contribution in [0.3, 0.4) is 0 Å². The second kappa shape index (κ2) is 6.97. The standard InChI is InChI=1S/C19H15ClN2O3S/c1-2-24-19(23)16-9-8-15(25-16)18-13-5-3-4-6-14(13)22(21-18)11-12-7-10-17(20)26-12/h3-10H,2,11H2,1H3. The molecule has 0 radical (unpaired) electrons. The number of rotatable bonds is 5. The van der Waals surface area contributed by atoms with Crippen molar-refractivity contribution in [3.63, 3.8) is 0 Å². The maximum absolute atomic E-state index is 11.8. The second-order valence-electron chi connectivity index (χ2n) is 5.61. The third kappa shape index (κ3) is 3.13. The van der Waals surface area contributed by atoms with E-state index in [-0.39, 0.29) is 5.76 Å². The highest BCUT2D eigenvalue weighted by Gasteiger charge is 2.18. The van der Waals surface area contributed by atoms with E-state index in [1.54, 1.807) is 19.1 Å². The molecule has 0 aliphatic carbocycles. The normalized spacial score (nSPS) is 11.2. The van der Waals surface area contributed by atoms with Gasteiger partial charge < -0.3 is 9.15 Å². The van der Waals surface area contributed by atoms with Gasteiger partial charge in [-0.1, -0.05) is 29.8 Å². The summed E-state index contributed by atoms with van der Waals surface area (Å²) in [7, 11) is 0. The molecule has 3 aromatic heterocycles. The van der Waals surface area contributed by atoms with Gasteiger partial charge in [-0.3, -0.25) is 4.68 Å². The molecule has 0 bridgehead atoms. The molecule has 3 heterocycles. The second-order valence-corrected chi connectivity index (χ2v) is 7.41. The Morgan fingerprint density at radius 1 is 1.23 bits per heavy atom. The van der Waals surface area contributed by atoms with Crippen molar-refractivity contribution in [3.8, 4) is 11.5 Å². The molecule has 132 valence electrons. The van der Waals surface area contributed by atoms with E-state index in [0.717, 1.165) is 20.1 Å².